The summed E-state index contributed by atoms with van der Waals surface area (Å²) in [5.74, 6) is -1.96. The number of fused-ring (bicyclic) bond motifs is 2. The highest BCUT2D eigenvalue weighted by molar-refractivity contribution is 8.16. The van der Waals surface area contributed by atoms with Crippen molar-refractivity contribution in [2.45, 2.75) is 120 Å². The third-order valence-corrected chi connectivity index (χ3v) is 15.5. The minimum absolute atomic E-state index is 0.0750. The molecule has 1 amide bonds. The fraction of sp³-hybridized carbons (Fsp3) is 0.600. The van der Waals surface area contributed by atoms with Crippen molar-refractivity contribution in [3.63, 3.8) is 0 Å². The van der Waals surface area contributed by atoms with E-state index in [9.17, 15) is 22.8 Å². The van der Waals surface area contributed by atoms with Crippen molar-refractivity contribution in [3.05, 3.63) is 64.2 Å². The fourth-order valence-electron chi connectivity index (χ4n) is 7.62. The number of benzene rings is 2. The number of anilines is 1. The van der Waals surface area contributed by atoms with Gasteiger partial charge in [-0.15, -0.1) is 0 Å². The Bertz CT molecular complexity index is 1980. The van der Waals surface area contributed by atoms with Gasteiger partial charge >= 0.3 is 12.1 Å². The number of rotatable bonds is 9. The lowest BCUT2D eigenvalue weighted by Crippen LogP contribution is -2.47. The molecule has 0 unspecified atom stereocenters. The van der Waals surface area contributed by atoms with Crippen molar-refractivity contribution in [1.29, 1.82) is 0 Å². The van der Waals surface area contributed by atoms with Crippen molar-refractivity contribution in [2.75, 3.05) is 26.2 Å². The lowest BCUT2D eigenvalue weighted by atomic mass is 9.84. The lowest BCUT2D eigenvalue weighted by molar-refractivity contribution is -0.141. The summed E-state index contributed by atoms with van der Waals surface area (Å²) in [5, 5.41) is 0.339. The second-order valence-corrected chi connectivity index (χ2v) is 26.2. The van der Waals surface area contributed by atoms with Crippen LogP contribution in [0.15, 0.2) is 40.3 Å². The van der Waals surface area contributed by atoms with Crippen LogP contribution < -0.4 is 11.5 Å². The van der Waals surface area contributed by atoms with Gasteiger partial charge in [0.25, 0.3) is 6.43 Å². The molecule has 0 aromatic heterocycles. The Hall–Kier alpha value is -3.28. The average molecular weight is 854 g/mol. The summed E-state index contributed by atoms with van der Waals surface area (Å²) in [7, 11) is -0.00576. The number of halogens is 4. The molecule has 17 heteroatoms. The van der Waals surface area contributed by atoms with E-state index in [0.717, 1.165) is 17.8 Å². The first-order valence-corrected chi connectivity index (χ1v) is 24.2. The number of nitrogens with two attached hydrogens (primary N) is 2. The molecule has 57 heavy (non-hydrogen) atoms. The van der Waals surface area contributed by atoms with E-state index in [2.05, 4.69) is 24.6 Å². The van der Waals surface area contributed by atoms with E-state index < -0.39 is 64.5 Å². The molecule has 314 valence electrons. The van der Waals surface area contributed by atoms with Gasteiger partial charge < -0.3 is 25.7 Å². The molecule has 0 saturated heterocycles. The monoisotopic (exact) mass is 853 g/mol. The maximum absolute atomic E-state index is 15.4. The smallest absolute Gasteiger partial charge is 0.418 e. The second kappa shape index (κ2) is 15.7. The summed E-state index contributed by atoms with van der Waals surface area (Å²) in [6, 6.07) is 9.09. The van der Waals surface area contributed by atoms with Gasteiger partial charge in [-0.05, 0) is 90.6 Å². The van der Waals surface area contributed by atoms with E-state index in [1.807, 2.05) is 6.92 Å². The maximum atomic E-state index is 15.4. The van der Waals surface area contributed by atoms with Crippen LogP contribution in [0.4, 0.5) is 28.0 Å². The molecular weight excluding hydrogens is 799 g/mol. The molecule has 6 rings (SSSR count). The van der Waals surface area contributed by atoms with Crippen LogP contribution >= 0.6 is 23.5 Å². The number of amides is 1. The van der Waals surface area contributed by atoms with Gasteiger partial charge in [0.1, 0.15) is 28.7 Å². The number of carbonyl (C=O) groups excluding carboxylic acids is 2. The van der Waals surface area contributed by atoms with Gasteiger partial charge in [0.2, 0.25) is 0 Å². The summed E-state index contributed by atoms with van der Waals surface area (Å²) in [4.78, 5) is 36.9. The first-order valence-electron chi connectivity index (χ1n) is 18.8. The highest BCUT2D eigenvalue weighted by atomic mass is 32.2. The van der Waals surface area contributed by atoms with Crippen LogP contribution in [0.3, 0.4) is 0 Å². The van der Waals surface area contributed by atoms with Crippen molar-refractivity contribution in [1.82, 2.24) is 4.90 Å². The average Bonchev–Trinajstić information content (AvgIpc) is 4.01. The van der Waals surface area contributed by atoms with E-state index in [1.54, 1.807) is 59.7 Å². The normalized spacial score (nSPS) is 28.8. The number of hydrogen-bond acceptors (Lipinski definition) is 11. The number of amidine groups is 2. The molecule has 2 fully saturated rings. The number of alkyl halides is 2. The Morgan fingerprint density at radius 2 is 1.60 bits per heavy atom. The largest absolute Gasteiger partial charge is 0.468 e. The van der Waals surface area contributed by atoms with E-state index >= 15 is 4.39 Å². The SMILES string of the molecule is COC(=O)[C@]12C[C@H]1[C@@](C)(c1cccc(C)c1F)N=C(N(COCC[Si](C)(C)C)C(=O)OC(C)(C)C)S2.Cc1cc(N)cc([C@@]2(C)N=C(N)S[C@@]3(C(F)F)C[C@@H]23)c1F. The number of thioether (sulfide) groups is 2. The van der Waals surface area contributed by atoms with Gasteiger partial charge in [0, 0.05) is 43.3 Å². The summed E-state index contributed by atoms with van der Waals surface area (Å²) in [6.07, 6.45) is -2.43. The van der Waals surface area contributed by atoms with E-state index in [4.69, 9.17) is 30.7 Å². The van der Waals surface area contributed by atoms with Crippen LogP contribution in [0, 0.1) is 37.3 Å². The van der Waals surface area contributed by atoms with E-state index in [0.29, 0.717) is 35.4 Å². The third-order valence-electron chi connectivity index (χ3n) is 11.0. The van der Waals surface area contributed by atoms with E-state index in [1.165, 1.54) is 35.9 Å². The summed E-state index contributed by atoms with van der Waals surface area (Å²) in [5.41, 5.74) is 10.5. The quantitative estimate of drug-likeness (QED) is 0.0632. The number of hydrogen-bond donors (Lipinski definition) is 2. The van der Waals surface area contributed by atoms with Crippen molar-refractivity contribution in [3.8, 4) is 0 Å². The van der Waals surface area contributed by atoms with Crippen molar-refractivity contribution in [2.24, 2.45) is 27.6 Å². The molecule has 2 saturated carbocycles. The van der Waals surface area contributed by atoms with Gasteiger partial charge in [-0.25, -0.2) is 27.3 Å². The number of nitrogens with zero attached hydrogens (tertiary/aromatic N) is 3. The Balaban J connectivity index is 0.000000249. The fourth-order valence-corrected chi connectivity index (χ4v) is 11.3. The Morgan fingerprint density at radius 1 is 0.965 bits per heavy atom. The third kappa shape index (κ3) is 8.86. The molecular formula is C40H55F4N5O5S2Si. The Kier molecular flexibility index (Phi) is 12.4. The van der Waals surface area contributed by atoms with Crippen molar-refractivity contribution < 1.29 is 41.4 Å². The highest BCUT2D eigenvalue weighted by Crippen LogP contribution is 2.69. The van der Waals surface area contributed by atoms with Crippen LogP contribution in [0.2, 0.25) is 25.7 Å². The Morgan fingerprint density at radius 3 is 2.19 bits per heavy atom. The summed E-state index contributed by atoms with van der Waals surface area (Å²) >= 11 is 2.09. The minimum Gasteiger partial charge on any atom is -0.468 e. The van der Waals surface area contributed by atoms with Gasteiger partial charge in [0.05, 0.1) is 22.9 Å². The zero-order valence-electron chi connectivity index (χ0n) is 34.5. The maximum Gasteiger partial charge on any atom is 0.418 e. The summed E-state index contributed by atoms with van der Waals surface area (Å²) < 4.78 is 71.2. The van der Waals surface area contributed by atoms with Crippen LogP contribution in [-0.2, 0) is 30.1 Å². The molecule has 6 atom stereocenters. The molecule has 10 nitrogen and oxygen atoms in total. The second-order valence-electron chi connectivity index (χ2n) is 17.9. The number of ether oxygens (including phenoxy) is 3. The highest BCUT2D eigenvalue weighted by Gasteiger charge is 2.73. The van der Waals surface area contributed by atoms with Gasteiger partial charge in [-0.2, -0.15) is 0 Å². The number of methoxy groups -OCH3 is 1. The first-order chi connectivity index (χ1) is 26.2. The molecule has 2 aliphatic heterocycles. The molecule has 2 heterocycles. The van der Waals surface area contributed by atoms with Crippen LogP contribution in [-0.4, -0.2) is 77.3 Å². The van der Waals surface area contributed by atoms with Gasteiger partial charge in [-0.1, -0.05) is 61.4 Å². The van der Waals surface area contributed by atoms with E-state index in [-0.39, 0.29) is 40.8 Å². The van der Waals surface area contributed by atoms with Gasteiger partial charge in [-0.3, -0.25) is 14.8 Å². The molecule has 4 aliphatic rings. The molecule has 4 N–H and O–H groups in total. The first kappa shape index (κ1) is 44.8. The molecule has 0 radical (unpaired) electrons. The molecule has 2 aromatic rings. The number of carbonyl (C=O) groups is 2. The predicted octanol–water partition coefficient (Wildman–Crippen LogP) is 8.95. The molecule has 2 aliphatic carbocycles. The standard InChI is InChI=1S/C26H39FN2O5SSi.C14H16F3N3S/c1-17-11-10-12-18(20(17)27)25(5)19-15-26(19,21(30)32-6)35-22(28-25)29(23(31)34-24(2,3)4)16-33-13-14-36(7,8)9;1-6-3-7(18)4-8(10(6)15)13(2)9-5-14(9,11(16)17)21-12(19)20-13/h10-12,19H,13-16H2,1-9H3;3-4,9,11H,5,18H2,1-2H3,(H2,19,20)/t19-,25+,26-;9-,13+,14-/m00/s1. The molecule has 0 spiro atoms. The zero-order valence-corrected chi connectivity index (χ0v) is 37.2. The van der Waals surface area contributed by atoms with Crippen molar-refractivity contribution >= 4 is 59.7 Å². The summed E-state index contributed by atoms with van der Waals surface area (Å²) in [6.45, 7) is 19.3. The van der Waals surface area contributed by atoms with Gasteiger partial charge in [0.15, 0.2) is 10.3 Å². The van der Waals surface area contributed by atoms with Crippen LogP contribution in [0.5, 0.6) is 0 Å². The topological polar surface area (TPSA) is 142 Å². The zero-order chi connectivity index (χ0) is 42.7. The molecule has 0 bridgehead atoms. The van der Waals surface area contributed by atoms with Crippen LogP contribution in [0.1, 0.15) is 69.7 Å². The Labute approximate surface area is 342 Å². The van der Waals surface area contributed by atoms with Crippen LogP contribution in [0.25, 0.3) is 0 Å². The number of aliphatic imine (C=N–C) groups is 2. The predicted molar refractivity (Wildman–Crippen MR) is 222 cm³/mol. The number of esters is 1. The number of aryl methyl sites for hydroxylation is 2. The minimum atomic E-state index is -2.52. The number of nitrogen functional groups attached to an aromatic ring is 1. The lowest BCUT2D eigenvalue weighted by Gasteiger charge is -2.37. The molecule has 2 aromatic carbocycles.